The Balaban J connectivity index is 2.53. The SMILES string of the molecule is CNCC(=O)C1CCS(=O)(=O)C1. The zero-order valence-corrected chi connectivity index (χ0v) is 7.86. The van der Waals surface area contributed by atoms with Crippen LogP contribution in [0.25, 0.3) is 0 Å². The summed E-state index contributed by atoms with van der Waals surface area (Å²) in [5, 5.41) is 2.73. The Bertz CT molecular complexity index is 270. The molecule has 1 heterocycles. The first-order valence-corrected chi connectivity index (χ1v) is 5.75. The van der Waals surface area contributed by atoms with E-state index in [0.717, 1.165) is 0 Å². The van der Waals surface area contributed by atoms with Crippen LogP contribution >= 0.6 is 0 Å². The van der Waals surface area contributed by atoms with E-state index in [4.69, 9.17) is 0 Å². The summed E-state index contributed by atoms with van der Waals surface area (Å²) in [6.07, 6.45) is 0.503. The molecule has 70 valence electrons. The van der Waals surface area contributed by atoms with Gasteiger partial charge in [-0.05, 0) is 13.5 Å². The predicted octanol–water partition coefficient (Wildman–Crippen LogP) is -0.790. The molecule has 1 aliphatic rings. The van der Waals surface area contributed by atoms with Crippen LogP contribution in [-0.2, 0) is 14.6 Å². The third-order valence-electron chi connectivity index (χ3n) is 2.04. The number of carbonyl (C=O) groups excluding carboxylic acids is 1. The fraction of sp³-hybridized carbons (Fsp3) is 0.857. The number of ketones is 1. The Hall–Kier alpha value is -0.420. The van der Waals surface area contributed by atoms with Gasteiger partial charge in [-0.25, -0.2) is 8.42 Å². The molecule has 1 fully saturated rings. The highest BCUT2D eigenvalue weighted by atomic mass is 32.2. The quantitative estimate of drug-likeness (QED) is 0.635. The minimum atomic E-state index is -2.91. The Labute approximate surface area is 72.3 Å². The fourth-order valence-electron chi connectivity index (χ4n) is 1.37. The van der Waals surface area contributed by atoms with E-state index in [1.54, 1.807) is 7.05 Å². The van der Waals surface area contributed by atoms with Gasteiger partial charge >= 0.3 is 0 Å². The molecule has 1 atom stereocenters. The molecule has 1 rings (SSSR count). The highest BCUT2D eigenvalue weighted by molar-refractivity contribution is 7.91. The van der Waals surface area contributed by atoms with Crippen LogP contribution < -0.4 is 5.32 Å². The van der Waals surface area contributed by atoms with Gasteiger partial charge in [0.05, 0.1) is 18.1 Å². The van der Waals surface area contributed by atoms with Crippen molar-refractivity contribution in [2.75, 3.05) is 25.1 Å². The van der Waals surface area contributed by atoms with Gasteiger partial charge in [-0.1, -0.05) is 0 Å². The molecular formula is C7H13NO3S. The molecule has 1 unspecified atom stereocenters. The molecule has 0 bridgehead atoms. The first-order valence-electron chi connectivity index (χ1n) is 3.93. The lowest BCUT2D eigenvalue weighted by molar-refractivity contribution is -0.121. The van der Waals surface area contributed by atoms with Crippen molar-refractivity contribution in [3.63, 3.8) is 0 Å². The largest absolute Gasteiger partial charge is 0.313 e. The van der Waals surface area contributed by atoms with Crippen LogP contribution in [0.3, 0.4) is 0 Å². The van der Waals surface area contributed by atoms with E-state index in [9.17, 15) is 13.2 Å². The lowest BCUT2D eigenvalue weighted by Crippen LogP contribution is -2.26. The Morgan fingerprint density at radius 1 is 1.58 bits per heavy atom. The zero-order chi connectivity index (χ0) is 9.19. The maximum Gasteiger partial charge on any atom is 0.151 e. The monoisotopic (exact) mass is 191 g/mol. The maximum absolute atomic E-state index is 11.2. The third kappa shape index (κ3) is 2.28. The molecule has 1 aliphatic heterocycles. The van der Waals surface area contributed by atoms with Crippen molar-refractivity contribution in [1.82, 2.24) is 5.32 Å². The summed E-state index contributed by atoms with van der Waals surface area (Å²) >= 11 is 0. The molecule has 4 nitrogen and oxygen atoms in total. The van der Waals surface area contributed by atoms with Crippen molar-refractivity contribution >= 4 is 15.6 Å². The van der Waals surface area contributed by atoms with Crippen LogP contribution in [0.4, 0.5) is 0 Å². The van der Waals surface area contributed by atoms with Gasteiger partial charge in [0.1, 0.15) is 0 Å². The second-order valence-corrected chi connectivity index (χ2v) is 5.33. The number of sulfone groups is 1. The Morgan fingerprint density at radius 3 is 2.67 bits per heavy atom. The Kier molecular flexibility index (Phi) is 2.85. The smallest absolute Gasteiger partial charge is 0.151 e. The van der Waals surface area contributed by atoms with Crippen molar-refractivity contribution < 1.29 is 13.2 Å². The van der Waals surface area contributed by atoms with Crippen LogP contribution in [0.15, 0.2) is 0 Å². The first-order chi connectivity index (χ1) is 5.55. The second-order valence-electron chi connectivity index (χ2n) is 3.10. The van der Waals surface area contributed by atoms with Crippen LogP contribution in [0, 0.1) is 5.92 Å². The number of nitrogens with one attached hydrogen (secondary N) is 1. The van der Waals surface area contributed by atoms with E-state index in [1.807, 2.05) is 0 Å². The van der Waals surface area contributed by atoms with E-state index < -0.39 is 9.84 Å². The van der Waals surface area contributed by atoms with Gasteiger partial charge < -0.3 is 5.32 Å². The minimum absolute atomic E-state index is 0.0126. The van der Waals surface area contributed by atoms with Gasteiger partial charge in [-0.15, -0.1) is 0 Å². The van der Waals surface area contributed by atoms with Crippen molar-refractivity contribution in [3.05, 3.63) is 0 Å². The lowest BCUT2D eigenvalue weighted by atomic mass is 10.0. The number of rotatable bonds is 3. The number of hydrogen-bond donors (Lipinski definition) is 1. The van der Waals surface area contributed by atoms with E-state index in [2.05, 4.69) is 5.32 Å². The molecular weight excluding hydrogens is 178 g/mol. The molecule has 0 saturated carbocycles. The summed E-state index contributed by atoms with van der Waals surface area (Å²) in [5.41, 5.74) is 0. The molecule has 0 spiro atoms. The van der Waals surface area contributed by atoms with Crippen molar-refractivity contribution in [2.45, 2.75) is 6.42 Å². The molecule has 0 aliphatic carbocycles. The summed E-state index contributed by atoms with van der Waals surface area (Å²) in [6, 6.07) is 0. The molecule has 0 aromatic rings. The molecule has 0 aromatic heterocycles. The summed E-state index contributed by atoms with van der Waals surface area (Å²) in [6.45, 7) is 0.278. The number of hydrogen-bond acceptors (Lipinski definition) is 4. The second kappa shape index (κ2) is 3.53. The average molecular weight is 191 g/mol. The van der Waals surface area contributed by atoms with Crippen LogP contribution in [0.1, 0.15) is 6.42 Å². The van der Waals surface area contributed by atoms with E-state index >= 15 is 0 Å². The summed E-state index contributed by atoms with van der Waals surface area (Å²) < 4.78 is 22.0. The fourth-order valence-corrected chi connectivity index (χ4v) is 3.14. The standard InChI is InChI=1S/C7H13NO3S/c1-8-4-7(9)6-2-3-12(10,11)5-6/h6,8H,2-5H2,1H3. The minimum Gasteiger partial charge on any atom is -0.313 e. The normalized spacial score (nSPS) is 27.2. The highest BCUT2D eigenvalue weighted by Gasteiger charge is 2.31. The third-order valence-corrected chi connectivity index (χ3v) is 3.81. The van der Waals surface area contributed by atoms with Crippen LogP contribution in [0.5, 0.6) is 0 Å². The number of carbonyl (C=O) groups is 1. The summed E-state index contributed by atoms with van der Waals surface area (Å²) in [4.78, 5) is 11.2. The zero-order valence-electron chi connectivity index (χ0n) is 7.04. The van der Waals surface area contributed by atoms with Crippen molar-refractivity contribution in [3.8, 4) is 0 Å². The maximum atomic E-state index is 11.2. The summed E-state index contributed by atoms with van der Waals surface area (Å²) in [5.74, 6) is -0.0262. The first kappa shape index (κ1) is 9.67. The van der Waals surface area contributed by atoms with Gasteiger partial charge in [-0.3, -0.25) is 4.79 Å². The molecule has 1 N–H and O–H groups in total. The van der Waals surface area contributed by atoms with Gasteiger partial charge in [0.2, 0.25) is 0 Å². The van der Waals surface area contributed by atoms with E-state index in [0.29, 0.717) is 6.42 Å². The average Bonchev–Trinajstić information content (AvgIpc) is 2.31. The topological polar surface area (TPSA) is 63.2 Å². The lowest BCUT2D eigenvalue weighted by Gasteiger charge is -2.04. The Morgan fingerprint density at radius 2 is 2.25 bits per heavy atom. The van der Waals surface area contributed by atoms with Crippen LogP contribution in [0.2, 0.25) is 0 Å². The molecule has 12 heavy (non-hydrogen) atoms. The van der Waals surface area contributed by atoms with Crippen molar-refractivity contribution in [2.24, 2.45) is 5.92 Å². The molecule has 0 amide bonds. The highest BCUT2D eigenvalue weighted by Crippen LogP contribution is 2.18. The van der Waals surface area contributed by atoms with E-state index in [-0.39, 0.29) is 29.8 Å². The number of Topliss-reactive ketones (excluding diaryl/α,β-unsaturated/α-hetero) is 1. The number of likely N-dealkylation sites (N-methyl/N-ethyl adjacent to an activating group) is 1. The molecule has 5 heteroatoms. The van der Waals surface area contributed by atoms with Gasteiger partial charge in [0.25, 0.3) is 0 Å². The van der Waals surface area contributed by atoms with Gasteiger partial charge in [-0.2, -0.15) is 0 Å². The molecule has 1 saturated heterocycles. The van der Waals surface area contributed by atoms with E-state index in [1.165, 1.54) is 0 Å². The van der Waals surface area contributed by atoms with Crippen molar-refractivity contribution in [1.29, 1.82) is 0 Å². The van der Waals surface area contributed by atoms with Gasteiger partial charge in [0, 0.05) is 5.92 Å². The predicted molar refractivity (Wildman–Crippen MR) is 45.7 cm³/mol. The summed E-state index contributed by atoms with van der Waals surface area (Å²) in [7, 11) is -1.23. The molecule has 0 radical (unpaired) electrons. The van der Waals surface area contributed by atoms with Gasteiger partial charge in [0.15, 0.2) is 15.6 Å². The molecule has 0 aromatic carbocycles. The van der Waals surface area contributed by atoms with Crippen LogP contribution in [-0.4, -0.2) is 39.3 Å².